The minimum Gasteiger partial charge on any atom is -0.499 e. The van der Waals surface area contributed by atoms with E-state index in [2.05, 4.69) is 10.2 Å². The summed E-state index contributed by atoms with van der Waals surface area (Å²) >= 11 is 2.37. The molecule has 4 rings (SSSR count). The lowest BCUT2D eigenvalue weighted by atomic mass is 10.1. The van der Waals surface area contributed by atoms with E-state index in [1.54, 1.807) is 0 Å². The van der Waals surface area contributed by atoms with E-state index in [0.717, 1.165) is 41.3 Å². The predicted molar refractivity (Wildman–Crippen MR) is 109 cm³/mol. The molecule has 0 spiro atoms. The maximum Gasteiger partial charge on any atom is 0.326 e. The van der Waals surface area contributed by atoms with Gasteiger partial charge in [0.15, 0.2) is 5.06 Å². The fourth-order valence-electron chi connectivity index (χ4n) is 3.80. The highest BCUT2D eigenvalue weighted by Crippen LogP contribution is 2.31. The van der Waals surface area contributed by atoms with Gasteiger partial charge in [-0.25, -0.2) is 4.79 Å². The Morgan fingerprint density at radius 2 is 2.00 bits per heavy atom. The first-order chi connectivity index (χ1) is 13.8. The number of likely N-dealkylation sites (tertiary alicyclic amines) is 1. The molecule has 2 unspecified atom stereocenters. The highest BCUT2D eigenvalue weighted by molar-refractivity contribution is 7.15. The van der Waals surface area contributed by atoms with Crippen molar-refractivity contribution >= 4 is 40.5 Å². The molecule has 10 heteroatoms. The summed E-state index contributed by atoms with van der Waals surface area (Å²) in [4.78, 5) is 42.7. The number of carboxylic acid groups (broad SMARTS) is 1. The number of carbonyl (C=O) groups excluding carboxylic acids is 2. The number of carboxylic acids is 1. The molecular weight excluding hydrogens is 414 g/mol. The van der Waals surface area contributed by atoms with Crippen LogP contribution in [0.25, 0.3) is 0 Å². The highest BCUT2D eigenvalue weighted by atomic mass is 32.1. The van der Waals surface area contributed by atoms with Crippen LogP contribution in [0.3, 0.4) is 0 Å². The van der Waals surface area contributed by atoms with Crippen LogP contribution < -0.4 is 5.32 Å². The predicted octanol–water partition coefficient (Wildman–Crippen LogP) is 1.60. The molecule has 0 aliphatic carbocycles. The zero-order chi connectivity index (χ0) is 20.7. The molecule has 3 N–H and O–H groups in total. The average Bonchev–Trinajstić information content (AvgIpc) is 3.38. The lowest BCUT2D eigenvalue weighted by molar-refractivity contribution is -0.141. The summed E-state index contributed by atoms with van der Waals surface area (Å²) in [6.07, 6.45) is 1.03. The van der Waals surface area contributed by atoms with Crippen LogP contribution in [0.5, 0.6) is 5.06 Å². The van der Waals surface area contributed by atoms with Crippen LogP contribution in [0.15, 0.2) is 18.2 Å². The van der Waals surface area contributed by atoms with Crippen LogP contribution in [-0.2, 0) is 17.8 Å². The van der Waals surface area contributed by atoms with Crippen LogP contribution in [0.1, 0.15) is 36.2 Å². The summed E-state index contributed by atoms with van der Waals surface area (Å²) < 4.78 is 0. The number of thiophene rings is 2. The van der Waals surface area contributed by atoms with E-state index in [1.807, 2.05) is 13.1 Å². The smallest absolute Gasteiger partial charge is 0.326 e. The van der Waals surface area contributed by atoms with Crippen molar-refractivity contribution in [3.63, 3.8) is 0 Å². The first-order valence-electron chi connectivity index (χ1n) is 9.25. The van der Waals surface area contributed by atoms with Crippen molar-refractivity contribution in [2.45, 2.75) is 31.5 Å². The summed E-state index contributed by atoms with van der Waals surface area (Å²) in [7, 11) is 2.03. The number of fused-ring (bicyclic) bond motifs is 1. The number of rotatable bonds is 4. The number of amides is 2. The zero-order valence-corrected chi connectivity index (χ0v) is 17.4. The highest BCUT2D eigenvalue weighted by Gasteiger charge is 2.41. The van der Waals surface area contributed by atoms with Crippen molar-refractivity contribution in [1.82, 2.24) is 15.1 Å². The van der Waals surface area contributed by atoms with Gasteiger partial charge in [0.25, 0.3) is 11.8 Å². The van der Waals surface area contributed by atoms with Gasteiger partial charge < -0.3 is 25.3 Å². The van der Waals surface area contributed by atoms with E-state index in [-0.39, 0.29) is 29.8 Å². The minimum atomic E-state index is -1.08. The molecule has 154 valence electrons. The quantitative estimate of drug-likeness (QED) is 0.673. The molecular formula is C19H21N3O5S2. The Morgan fingerprint density at radius 3 is 2.69 bits per heavy atom. The van der Waals surface area contributed by atoms with E-state index < -0.39 is 18.1 Å². The van der Waals surface area contributed by atoms with Crippen molar-refractivity contribution < 1.29 is 24.6 Å². The first-order valence-corrected chi connectivity index (χ1v) is 10.9. The second-order valence-electron chi connectivity index (χ2n) is 7.40. The number of carbonyl (C=O) groups is 3. The van der Waals surface area contributed by atoms with E-state index in [4.69, 9.17) is 0 Å². The third-order valence-corrected chi connectivity index (χ3v) is 7.32. The van der Waals surface area contributed by atoms with Gasteiger partial charge in [0, 0.05) is 37.0 Å². The Kier molecular flexibility index (Phi) is 5.32. The fourth-order valence-corrected chi connectivity index (χ4v) is 5.70. The van der Waals surface area contributed by atoms with Crippen molar-refractivity contribution in [3.05, 3.63) is 38.4 Å². The SMILES string of the molecule is CN1CCc2cc(C(=O)N3CC(NC(=O)c4ccc(O)s4)CC3C(=O)O)sc2C1. The summed E-state index contributed by atoms with van der Waals surface area (Å²) in [5, 5.41) is 21.8. The Labute approximate surface area is 175 Å². The normalized spacial score (nSPS) is 21.8. The van der Waals surface area contributed by atoms with Gasteiger partial charge in [-0.2, -0.15) is 0 Å². The van der Waals surface area contributed by atoms with Crippen LogP contribution in [0.4, 0.5) is 0 Å². The fraction of sp³-hybridized carbons (Fsp3) is 0.421. The lowest BCUT2D eigenvalue weighted by Gasteiger charge is -2.21. The van der Waals surface area contributed by atoms with Crippen molar-refractivity contribution in [2.75, 3.05) is 20.1 Å². The second kappa shape index (κ2) is 7.77. The van der Waals surface area contributed by atoms with Crippen molar-refractivity contribution in [3.8, 4) is 5.06 Å². The Balaban J connectivity index is 1.49. The molecule has 29 heavy (non-hydrogen) atoms. The summed E-state index contributed by atoms with van der Waals surface area (Å²) in [5.41, 5.74) is 1.16. The molecule has 1 fully saturated rings. The molecule has 2 aromatic heterocycles. The number of nitrogens with one attached hydrogen (secondary N) is 1. The topological polar surface area (TPSA) is 110 Å². The zero-order valence-electron chi connectivity index (χ0n) is 15.8. The lowest BCUT2D eigenvalue weighted by Crippen LogP contribution is -2.41. The summed E-state index contributed by atoms with van der Waals surface area (Å²) in [6, 6.07) is 3.38. The van der Waals surface area contributed by atoms with Gasteiger partial charge >= 0.3 is 5.97 Å². The molecule has 0 radical (unpaired) electrons. The number of aliphatic carboxylic acids is 1. The number of hydrogen-bond donors (Lipinski definition) is 3. The standard InChI is InChI=1S/C19H21N3O5S2/c1-21-5-4-10-6-14(28-15(10)9-21)18(25)22-8-11(7-12(22)19(26)27)20-17(24)13-2-3-16(23)29-13/h2-3,6,11-12,23H,4-5,7-9H2,1H3,(H,20,24)(H,26,27). The average molecular weight is 436 g/mol. The molecule has 2 amide bonds. The third-order valence-electron chi connectivity index (χ3n) is 5.28. The summed E-state index contributed by atoms with van der Waals surface area (Å²) in [5.74, 6) is -1.76. The van der Waals surface area contributed by atoms with Gasteiger partial charge in [-0.15, -0.1) is 11.3 Å². The summed E-state index contributed by atoms with van der Waals surface area (Å²) in [6.45, 7) is 1.87. The van der Waals surface area contributed by atoms with E-state index in [9.17, 15) is 24.6 Å². The molecule has 1 saturated heterocycles. The Morgan fingerprint density at radius 1 is 1.21 bits per heavy atom. The van der Waals surface area contributed by atoms with Gasteiger partial charge in [0.2, 0.25) is 0 Å². The molecule has 2 atom stereocenters. The van der Waals surface area contributed by atoms with Gasteiger partial charge in [-0.05, 0) is 37.2 Å². The van der Waals surface area contributed by atoms with Gasteiger partial charge in [0.1, 0.15) is 6.04 Å². The molecule has 4 heterocycles. The Bertz CT molecular complexity index is 969. The number of aromatic hydroxyl groups is 1. The number of hydrogen-bond acceptors (Lipinski definition) is 7. The molecule has 8 nitrogen and oxygen atoms in total. The second-order valence-corrected chi connectivity index (χ2v) is 9.60. The molecule has 2 aliphatic heterocycles. The van der Waals surface area contributed by atoms with Crippen molar-refractivity contribution in [2.24, 2.45) is 0 Å². The molecule has 0 aromatic carbocycles. The van der Waals surface area contributed by atoms with Gasteiger partial charge in [0.05, 0.1) is 9.75 Å². The van der Waals surface area contributed by atoms with Crippen LogP contribution in [0.2, 0.25) is 0 Å². The number of likely N-dealkylation sites (N-methyl/N-ethyl adjacent to an activating group) is 1. The largest absolute Gasteiger partial charge is 0.499 e. The molecule has 2 aliphatic rings. The van der Waals surface area contributed by atoms with Gasteiger partial charge in [-0.1, -0.05) is 11.3 Å². The van der Waals surface area contributed by atoms with Crippen molar-refractivity contribution in [1.29, 1.82) is 0 Å². The molecule has 2 aromatic rings. The van der Waals surface area contributed by atoms with Crippen LogP contribution in [0, 0.1) is 0 Å². The number of nitrogens with zero attached hydrogens (tertiary/aromatic N) is 2. The Hall–Kier alpha value is -2.43. The minimum absolute atomic E-state index is 0.0362. The first kappa shape index (κ1) is 19.9. The van der Waals surface area contributed by atoms with E-state index >= 15 is 0 Å². The maximum absolute atomic E-state index is 13.1. The maximum atomic E-state index is 13.1. The molecule has 0 bridgehead atoms. The third kappa shape index (κ3) is 4.00. The molecule has 0 saturated carbocycles. The van der Waals surface area contributed by atoms with Gasteiger partial charge in [-0.3, -0.25) is 9.59 Å². The van der Waals surface area contributed by atoms with Crippen LogP contribution >= 0.6 is 22.7 Å². The van der Waals surface area contributed by atoms with Crippen LogP contribution in [-0.4, -0.2) is 70.0 Å². The van der Waals surface area contributed by atoms with E-state index in [0.29, 0.717) is 9.75 Å². The monoisotopic (exact) mass is 435 g/mol. The van der Waals surface area contributed by atoms with E-state index in [1.165, 1.54) is 28.4 Å².